The zero-order chi connectivity index (χ0) is 19.9. The highest BCUT2D eigenvalue weighted by Gasteiger charge is 2.15. The van der Waals surface area contributed by atoms with Crippen LogP contribution in [0.2, 0.25) is 10.0 Å². The summed E-state index contributed by atoms with van der Waals surface area (Å²) in [6.07, 6.45) is 0. The number of hydrogen-bond acceptors (Lipinski definition) is 4. The van der Waals surface area contributed by atoms with Crippen molar-refractivity contribution >= 4 is 34.8 Å². The Balaban J connectivity index is 1.45. The third kappa shape index (κ3) is 6.11. The monoisotopic (exact) mass is 421 g/mol. The molecule has 1 heterocycles. The molecule has 7 heteroatoms. The number of amides is 1. The third-order valence-electron chi connectivity index (χ3n) is 4.81. The molecule has 28 heavy (non-hydrogen) atoms. The van der Waals surface area contributed by atoms with Crippen molar-refractivity contribution in [1.82, 2.24) is 9.80 Å². The fraction of sp³-hybridized carbons (Fsp3) is 0.381. The molecule has 1 aliphatic heterocycles. The second-order valence-electron chi connectivity index (χ2n) is 6.82. The second-order valence-corrected chi connectivity index (χ2v) is 7.66. The Morgan fingerprint density at radius 3 is 2.36 bits per heavy atom. The van der Waals surface area contributed by atoms with Gasteiger partial charge in [-0.05, 0) is 42.4 Å². The summed E-state index contributed by atoms with van der Waals surface area (Å²) >= 11 is 11.9. The van der Waals surface area contributed by atoms with Crippen LogP contribution in [0.1, 0.15) is 12.5 Å². The van der Waals surface area contributed by atoms with Gasteiger partial charge in [-0.1, -0.05) is 42.3 Å². The van der Waals surface area contributed by atoms with Crippen LogP contribution < -0.4 is 10.1 Å². The van der Waals surface area contributed by atoms with Crippen LogP contribution in [0.5, 0.6) is 5.75 Å². The summed E-state index contributed by atoms with van der Waals surface area (Å²) in [5.74, 6) is 0.189. The topological polar surface area (TPSA) is 44.8 Å². The van der Waals surface area contributed by atoms with Gasteiger partial charge >= 0.3 is 0 Å². The molecule has 2 aromatic carbocycles. The Labute approximate surface area is 176 Å². The number of hydrogen-bond donors (Lipinski definition) is 1. The normalized spacial score (nSPS) is 15.4. The fourth-order valence-electron chi connectivity index (χ4n) is 3.15. The Hall–Kier alpha value is -1.79. The summed E-state index contributed by atoms with van der Waals surface area (Å²) in [6, 6.07) is 12.8. The van der Waals surface area contributed by atoms with Crippen molar-refractivity contribution in [2.45, 2.75) is 13.5 Å². The molecule has 5 nitrogen and oxygen atoms in total. The van der Waals surface area contributed by atoms with Gasteiger partial charge in [0, 0.05) is 43.4 Å². The molecule has 0 aliphatic carbocycles. The summed E-state index contributed by atoms with van der Waals surface area (Å²) in [4.78, 5) is 17.0. The van der Waals surface area contributed by atoms with Crippen LogP contribution in [0.3, 0.4) is 0 Å². The summed E-state index contributed by atoms with van der Waals surface area (Å²) in [6.45, 7) is 8.58. The first kappa shape index (κ1) is 20.9. The van der Waals surface area contributed by atoms with E-state index in [2.05, 4.69) is 34.2 Å². The van der Waals surface area contributed by atoms with Gasteiger partial charge in [-0.3, -0.25) is 9.69 Å². The zero-order valence-corrected chi connectivity index (χ0v) is 17.5. The molecule has 0 aromatic heterocycles. The number of ether oxygens (including phenoxy) is 1. The van der Waals surface area contributed by atoms with Crippen LogP contribution in [0.4, 0.5) is 5.69 Å². The fourth-order valence-corrected chi connectivity index (χ4v) is 3.61. The Kier molecular flexibility index (Phi) is 7.57. The standard InChI is InChI=1S/C21H25Cl2N3O2/c1-2-25-9-11-26(12-10-25)14-16-3-6-18(7-4-16)24-21(27)15-28-20-8-5-17(22)13-19(20)23/h3-8,13H,2,9-12,14-15H2,1H3,(H,24,27). The molecule has 0 atom stereocenters. The lowest BCUT2D eigenvalue weighted by atomic mass is 10.1. The van der Waals surface area contributed by atoms with Gasteiger partial charge in [0.2, 0.25) is 0 Å². The molecule has 1 N–H and O–H groups in total. The van der Waals surface area contributed by atoms with Gasteiger partial charge in [0.15, 0.2) is 6.61 Å². The molecule has 0 unspecified atom stereocenters. The summed E-state index contributed by atoms with van der Waals surface area (Å²) in [5.41, 5.74) is 1.99. The molecule has 0 saturated carbocycles. The van der Waals surface area contributed by atoms with Gasteiger partial charge in [-0.2, -0.15) is 0 Å². The van der Waals surface area contributed by atoms with Gasteiger partial charge < -0.3 is 15.0 Å². The van der Waals surface area contributed by atoms with Gasteiger partial charge in [-0.25, -0.2) is 0 Å². The molecule has 2 aromatic rings. The number of nitrogens with one attached hydrogen (secondary N) is 1. The first-order valence-corrected chi connectivity index (χ1v) is 10.2. The van der Waals surface area contributed by atoms with E-state index in [1.54, 1.807) is 18.2 Å². The van der Waals surface area contributed by atoms with Crippen molar-refractivity contribution in [3.63, 3.8) is 0 Å². The van der Waals surface area contributed by atoms with Crippen LogP contribution in [-0.2, 0) is 11.3 Å². The van der Waals surface area contributed by atoms with Gasteiger partial charge in [0.05, 0.1) is 5.02 Å². The maximum Gasteiger partial charge on any atom is 0.262 e. The number of halogens is 2. The van der Waals surface area contributed by atoms with Crippen LogP contribution in [0, 0.1) is 0 Å². The molecule has 150 valence electrons. The molecule has 1 amide bonds. The van der Waals surface area contributed by atoms with Gasteiger partial charge in [0.1, 0.15) is 5.75 Å². The average molecular weight is 422 g/mol. The van der Waals surface area contributed by atoms with Crippen molar-refractivity contribution in [2.24, 2.45) is 0 Å². The number of anilines is 1. The molecular weight excluding hydrogens is 397 g/mol. The summed E-state index contributed by atoms with van der Waals surface area (Å²) < 4.78 is 5.45. The van der Waals surface area contributed by atoms with Gasteiger partial charge in [-0.15, -0.1) is 0 Å². The van der Waals surface area contributed by atoms with Crippen molar-refractivity contribution in [2.75, 3.05) is 44.6 Å². The number of benzene rings is 2. The molecule has 3 rings (SSSR count). The molecule has 1 fully saturated rings. The van der Waals surface area contributed by atoms with Crippen molar-refractivity contribution < 1.29 is 9.53 Å². The minimum absolute atomic E-state index is 0.120. The molecule has 0 radical (unpaired) electrons. The predicted molar refractivity (Wildman–Crippen MR) is 114 cm³/mol. The number of likely N-dealkylation sites (N-methyl/N-ethyl adjacent to an activating group) is 1. The highest BCUT2D eigenvalue weighted by atomic mass is 35.5. The molecular formula is C21H25Cl2N3O2. The minimum atomic E-state index is -0.241. The van der Waals surface area contributed by atoms with E-state index < -0.39 is 0 Å². The van der Waals surface area contributed by atoms with E-state index in [0.717, 1.165) is 45.0 Å². The largest absolute Gasteiger partial charge is 0.482 e. The Bertz CT molecular complexity index is 791. The summed E-state index contributed by atoms with van der Waals surface area (Å²) in [7, 11) is 0. The molecule has 1 aliphatic rings. The average Bonchev–Trinajstić information content (AvgIpc) is 2.69. The van der Waals surface area contributed by atoms with E-state index in [1.807, 2.05) is 12.1 Å². The number of piperazine rings is 1. The van der Waals surface area contributed by atoms with Crippen LogP contribution in [0.15, 0.2) is 42.5 Å². The van der Waals surface area contributed by atoms with Crippen LogP contribution in [0.25, 0.3) is 0 Å². The maximum absolute atomic E-state index is 12.1. The first-order valence-electron chi connectivity index (χ1n) is 9.45. The van der Waals surface area contributed by atoms with E-state index in [9.17, 15) is 4.79 Å². The van der Waals surface area contributed by atoms with E-state index in [4.69, 9.17) is 27.9 Å². The summed E-state index contributed by atoms with van der Waals surface area (Å²) in [5, 5.41) is 3.74. The smallest absolute Gasteiger partial charge is 0.262 e. The quantitative estimate of drug-likeness (QED) is 0.728. The molecule has 1 saturated heterocycles. The third-order valence-corrected chi connectivity index (χ3v) is 5.34. The van der Waals surface area contributed by atoms with Crippen LogP contribution >= 0.6 is 23.2 Å². The predicted octanol–water partition coefficient (Wildman–Crippen LogP) is 4.15. The number of carbonyl (C=O) groups is 1. The van der Waals surface area contributed by atoms with Crippen LogP contribution in [-0.4, -0.2) is 55.0 Å². The number of carbonyl (C=O) groups excluding carboxylic acids is 1. The van der Waals surface area contributed by atoms with E-state index in [0.29, 0.717) is 15.8 Å². The van der Waals surface area contributed by atoms with Crippen molar-refractivity contribution in [3.05, 3.63) is 58.1 Å². The molecule has 0 bridgehead atoms. The number of nitrogens with zero attached hydrogens (tertiary/aromatic N) is 2. The van der Waals surface area contributed by atoms with E-state index in [1.165, 1.54) is 5.56 Å². The lowest BCUT2D eigenvalue weighted by Crippen LogP contribution is -2.45. The highest BCUT2D eigenvalue weighted by Crippen LogP contribution is 2.27. The zero-order valence-electron chi connectivity index (χ0n) is 16.0. The SMILES string of the molecule is CCN1CCN(Cc2ccc(NC(=O)COc3ccc(Cl)cc3Cl)cc2)CC1. The molecule has 0 spiro atoms. The lowest BCUT2D eigenvalue weighted by Gasteiger charge is -2.34. The minimum Gasteiger partial charge on any atom is -0.482 e. The Morgan fingerprint density at radius 2 is 1.71 bits per heavy atom. The second kappa shape index (κ2) is 10.1. The van der Waals surface area contributed by atoms with E-state index >= 15 is 0 Å². The van der Waals surface area contributed by atoms with Crippen molar-refractivity contribution in [1.29, 1.82) is 0 Å². The highest BCUT2D eigenvalue weighted by molar-refractivity contribution is 6.35. The maximum atomic E-state index is 12.1. The Morgan fingerprint density at radius 1 is 1.04 bits per heavy atom. The van der Waals surface area contributed by atoms with E-state index in [-0.39, 0.29) is 12.5 Å². The van der Waals surface area contributed by atoms with Crippen molar-refractivity contribution in [3.8, 4) is 5.75 Å². The first-order chi connectivity index (χ1) is 13.5. The number of rotatable bonds is 7. The van der Waals surface area contributed by atoms with Gasteiger partial charge in [0.25, 0.3) is 5.91 Å². The lowest BCUT2D eigenvalue weighted by molar-refractivity contribution is -0.118.